The fraction of sp³-hybridized carbons (Fsp3) is 0.385. The lowest BCUT2D eigenvalue weighted by Gasteiger charge is -2.31. The Hall–Kier alpha value is -2.03. The molecule has 3 unspecified atom stereocenters. The Kier molecular flexibility index (Phi) is 8.78. The van der Waals surface area contributed by atoms with E-state index in [0.29, 0.717) is 43.2 Å². The van der Waals surface area contributed by atoms with Gasteiger partial charge in [-0.25, -0.2) is 0 Å². The Labute approximate surface area is 219 Å². The number of rotatable bonds is 7. The maximum Gasteiger partial charge on any atom is 0.308 e. The van der Waals surface area contributed by atoms with Crippen molar-refractivity contribution in [3.63, 3.8) is 0 Å². The second kappa shape index (κ2) is 11.8. The molecule has 2 saturated heterocycles. The molecule has 2 aromatic rings. The number of hydrogen-bond acceptors (Lipinski definition) is 5. The van der Waals surface area contributed by atoms with Crippen molar-refractivity contribution < 1.29 is 24.2 Å². The number of aliphatic carboxylic acids is 1. The lowest BCUT2D eigenvalue weighted by atomic mass is 9.97. The first kappa shape index (κ1) is 26.0. The summed E-state index contributed by atoms with van der Waals surface area (Å²) in [4.78, 5) is 26.6. The van der Waals surface area contributed by atoms with Crippen LogP contribution in [0.25, 0.3) is 5.57 Å². The first-order chi connectivity index (χ1) is 16.8. The minimum atomic E-state index is -0.893. The van der Waals surface area contributed by atoms with E-state index in [-0.39, 0.29) is 34.6 Å². The molecule has 0 radical (unpaired) electrons. The number of thioether (sulfide) groups is 1. The Balaban J connectivity index is 1.41. The number of carboxylic acids is 1. The Morgan fingerprint density at radius 1 is 1.11 bits per heavy atom. The van der Waals surface area contributed by atoms with E-state index < -0.39 is 11.9 Å². The third-order valence-electron chi connectivity index (χ3n) is 6.15. The van der Waals surface area contributed by atoms with Gasteiger partial charge in [-0.05, 0) is 24.5 Å². The van der Waals surface area contributed by atoms with E-state index >= 15 is 0 Å². The molecule has 9 heteroatoms. The number of amides is 1. The highest BCUT2D eigenvalue weighted by molar-refractivity contribution is 8.00. The lowest BCUT2D eigenvalue weighted by Crippen LogP contribution is -2.42. The van der Waals surface area contributed by atoms with Crippen LogP contribution in [0.3, 0.4) is 0 Å². The molecule has 2 fully saturated rings. The summed E-state index contributed by atoms with van der Waals surface area (Å²) in [7, 11) is 0. The van der Waals surface area contributed by atoms with E-state index in [2.05, 4.69) is 18.7 Å². The molecule has 3 atom stereocenters. The first-order valence-corrected chi connectivity index (χ1v) is 13.1. The summed E-state index contributed by atoms with van der Waals surface area (Å²) in [5.41, 5.74) is 1.57. The maximum atomic E-state index is 13.0. The van der Waals surface area contributed by atoms with Gasteiger partial charge in [-0.3, -0.25) is 9.59 Å². The molecule has 2 aromatic carbocycles. The number of carbonyl (C=O) groups is 2. The first-order valence-electron chi connectivity index (χ1n) is 11.5. The third kappa shape index (κ3) is 6.40. The molecule has 0 aliphatic carbocycles. The Bertz CT molecular complexity index is 1100. The molecule has 0 spiro atoms. The van der Waals surface area contributed by atoms with E-state index in [0.717, 1.165) is 11.3 Å². The molecular formula is C26H27Cl2NO5S. The molecule has 6 nitrogen and oxygen atoms in total. The number of hydrogen-bond donors (Lipinski definition) is 1. The number of carbonyl (C=O) groups excluding carboxylic acids is 1. The summed E-state index contributed by atoms with van der Waals surface area (Å²) >= 11 is 14.6. The van der Waals surface area contributed by atoms with Crippen LogP contribution in [0.1, 0.15) is 24.0 Å². The van der Waals surface area contributed by atoms with Crippen molar-refractivity contribution in [2.24, 2.45) is 5.92 Å². The normalized spacial score (nSPS) is 22.6. The molecule has 0 bridgehead atoms. The quantitative estimate of drug-likeness (QED) is 0.478. The van der Waals surface area contributed by atoms with Gasteiger partial charge in [-0.15, -0.1) is 0 Å². The van der Waals surface area contributed by atoms with Crippen molar-refractivity contribution in [2.45, 2.75) is 35.7 Å². The molecule has 186 valence electrons. The van der Waals surface area contributed by atoms with Gasteiger partial charge in [0.15, 0.2) is 0 Å². The second-order valence-corrected chi connectivity index (χ2v) is 10.6. The van der Waals surface area contributed by atoms with Crippen molar-refractivity contribution in [2.75, 3.05) is 26.3 Å². The zero-order valence-electron chi connectivity index (χ0n) is 19.1. The summed E-state index contributed by atoms with van der Waals surface area (Å²) in [6.45, 7) is 5.54. The van der Waals surface area contributed by atoms with Gasteiger partial charge in [0.05, 0.1) is 35.3 Å². The number of piperidine rings is 1. The number of likely N-dealkylation sites (tertiary alicyclic amines) is 1. The van der Waals surface area contributed by atoms with E-state index in [9.17, 15) is 14.7 Å². The van der Waals surface area contributed by atoms with Crippen molar-refractivity contribution in [1.29, 1.82) is 0 Å². The van der Waals surface area contributed by atoms with Gasteiger partial charge in [0.1, 0.15) is 5.44 Å². The molecule has 2 aliphatic rings. The van der Waals surface area contributed by atoms with Gasteiger partial charge in [0, 0.05) is 35.5 Å². The Morgan fingerprint density at radius 2 is 1.89 bits per heavy atom. The molecule has 35 heavy (non-hydrogen) atoms. The molecule has 2 aliphatic heterocycles. The van der Waals surface area contributed by atoms with E-state index in [4.69, 9.17) is 32.7 Å². The van der Waals surface area contributed by atoms with Crippen LogP contribution in [0.4, 0.5) is 0 Å². The average Bonchev–Trinajstić information content (AvgIpc) is 2.87. The molecule has 0 aromatic heterocycles. The van der Waals surface area contributed by atoms with Gasteiger partial charge in [0.2, 0.25) is 0 Å². The van der Waals surface area contributed by atoms with Crippen LogP contribution in [-0.4, -0.2) is 59.7 Å². The topological polar surface area (TPSA) is 76.1 Å². The van der Waals surface area contributed by atoms with Crippen molar-refractivity contribution in [3.8, 4) is 0 Å². The SMILES string of the molecule is C=C(C(=O)N1CCCC(C(=O)O)C1)c1ccc(SC2COCC(Cc3ccccc3)O2)c(Cl)c1Cl. The highest BCUT2D eigenvalue weighted by atomic mass is 35.5. The Morgan fingerprint density at radius 3 is 2.63 bits per heavy atom. The van der Waals surface area contributed by atoms with Crippen molar-refractivity contribution in [3.05, 3.63) is 70.2 Å². The number of halogens is 2. The molecule has 1 N–H and O–H groups in total. The fourth-order valence-electron chi connectivity index (χ4n) is 4.30. The summed E-state index contributed by atoms with van der Waals surface area (Å²) in [5, 5.41) is 9.86. The van der Waals surface area contributed by atoms with E-state index in [1.54, 1.807) is 12.1 Å². The van der Waals surface area contributed by atoms with E-state index in [1.165, 1.54) is 22.2 Å². The molecular weight excluding hydrogens is 509 g/mol. The minimum Gasteiger partial charge on any atom is -0.481 e. The minimum absolute atomic E-state index is 0.0614. The van der Waals surface area contributed by atoms with E-state index in [1.807, 2.05) is 18.2 Å². The van der Waals surface area contributed by atoms with Crippen molar-refractivity contribution >= 4 is 52.4 Å². The van der Waals surface area contributed by atoms with Crippen LogP contribution in [0.15, 0.2) is 53.9 Å². The predicted octanol–water partition coefficient (Wildman–Crippen LogP) is 5.41. The van der Waals surface area contributed by atoms with Crippen LogP contribution >= 0.6 is 35.0 Å². The molecule has 2 heterocycles. The molecule has 0 saturated carbocycles. The zero-order valence-corrected chi connectivity index (χ0v) is 21.5. The van der Waals surface area contributed by atoms with Gasteiger partial charge in [0.25, 0.3) is 5.91 Å². The summed E-state index contributed by atoms with van der Waals surface area (Å²) in [6, 6.07) is 13.6. The van der Waals surface area contributed by atoms with Gasteiger partial charge in [-0.2, -0.15) is 0 Å². The van der Waals surface area contributed by atoms with Crippen LogP contribution in [0.5, 0.6) is 0 Å². The maximum absolute atomic E-state index is 13.0. The van der Waals surface area contributed by atoms with Crippen LogP contribution < -0.4 is 0 Å². The van der Waals surface area contributed by atoms with Crippen LogP contribution in [-0.2, 0) is 25.5 Å². The number of benzene rings is 2. The number of ether oxygens (including phenoxy) is 2. The lowest BCUT2D eigenvalue weighted by molar-refractivity contribution is -0.144. The predicted molar refractivity (Wildman–Crippen MR) is 138 cm³/mol. The zero-order chi connectivity index (χ0) is 24.9. The smallest absolute Gasteiger partial charge is 0.308 e. The third-order valence-corrected chi connectivity index (χ3v) is 8.25. The van der Waals surface area contributed by atoms with Crippen molar-refractivity contribution in [1.82, 2.24) is 4.90 Å². The van der Waals surface area contributed by atoms with Crippen LogP contribution in [0.2, 0.25) is 10.0 Å². The highest BCUT2D eigenvalue weighted by Crippen LogP contribution is 2.40. The van der Waals surface area contributed by atoms with Gasteiger partial charge in [-0.1, -0.05) is 77.9 Å². The second-order valence-electron chi connectivity index (χ2n) is 8.68. The van der Waals surface area contributed by atoms with Gasteiger partial charge < -0.3 is 19.5 Å². The highest BCUT2D eigenvalue weighted by Gasteiger charge is 2.31. The monoisotopic (exact) mass is 535 g/mol. The fourth-order valence-corrected chi connectivity index (χ4v) is 5.95. The average molecular weight is 536 g/mol. The molecule has 4 rings (SSSR count). The summed E-state index contributed by atoms with van der Waals surface area (Å²) in [6.07, 6.45) is 1.89. The largest absolute Gasteiger partial charge is 0.481 e. The van der Waals surface area contributed by atoms with Crippen LogP contribution in [0, 0.1) is 5.92 Å². The number of nitrogens with zero attached hydrogens (tertiary/aromatic N) is 1. The summed E-state index contributed by atoms with van der Waals surface area (Å²) < 4.78 is 12.0. The summed E-state index contributed by atoms with van der Waals surface area (Å²) in [5.74, 6) is -1.79. The number of carboxylic acid groups (broad SMARTS) is 1. The van der Waals surface area contributed by atoms with Gasteiger partial charge >= 0.3 is 5.97 Å². The molecule has 1 amide bonds. The standard InChI is InChI=1S/C26H27Cl2NO5S/c1-16(25(30)29-11-5-8-18(13-29)26(31)32)20-9-10-21(24(28)23(20)27)35-22-15-33-14-19(34-22)12-17-6-3-2-4-7-17/h2-4,6-7,9-10,18-19,22H,1,5,8,11-15H2,(H,31,32).